The average Bonchev–Trinajstić information content (AvgIpc) is 2.80. The molecule has 3 rings (SSSR count). The van der Waals surface area contributed by atoms with Crippen molar-refractivity contribution in [3.05, 3.63) is 46.4 Å². The Kier molecular flexibility index (Phi) is 9.28. The van der Waals surface area contributed by atoms with Crippen molar-refractivity contribution in [3.63, 3.8) is 0 Å². The lowest BCUT2D eigenvalue weighted by molar-refractivity contribution is -0.274. The second kappa shape index (κ2) is 12.4. The lowest BCUT2D eigenvalue weighted by atomic mass is 9.91. The number of urea groups is 1. The number of ether oxygens (including phenoxy) is 1. The number of rotatable bonds is 10. The Bertz CT molecular complexity index is 1100. The molecule has 1 aliphatic heterocycles. The summed E-state index contributed by atoms with van der Waals surface area (Å²) in [6.07, 6.45) is 1.73. The summed E-state index contributed by atoms with van der Waals surface area (Å²) in [7, 11) is 0. The smallest absolute Gasteiger partial charge is 0.404 e. The maximum absolute atomic E-state index is 12.6. The van der Waals surface area contributed by atoms with E-state index in [0.717, 1.165) is 57.8 Å². The van der Waals surface area contributed by atoms with Gasteiger partial charge in [-0.2, -0.15) is 0 Å². The molecular weight excluding hydrogens is 479 g/mol. The summed E-state index contributed by atoms with van der Waals surface area (Å²) in [6, 6.07) is 4.20. The minimum atomic E-state index is -4.91. The first-order chi connectivity index (χ1) is 17.1. The highest BCUT2D eigenvalue weighted by atomic mass is 19.4. The predicted octanol–water partition coefficient (Wildman–Crippen LogP) is 3.99. The molecule has 0 aliphatic carbocycles. The Hall–Kier alpha value is -3.61. The van der Waals surface area contributed by atoms with Crippen LogP contribution in [0.3, 0.4) is 0 Å². The highest BCUT2D eigenvalue weighted by molar-refractivity contribution is 5.99. The predicted molar refractivity (Wildman–Crippen MR) is 129 cm³/mol. The molecule has 1 fully saturated rings. The van der Waals surface area contributed by atoms with Gasteiger partial charge in [-0.05, 0) is 63.4 Å². The van der Waals surface area contributed by atoms with Gasteiger partial charge in [0.25, 0.3) is 5.56 Å². The van der Waals surface area contributed by atoms with E-state index in [-0.39, 0.29) is 28.9 Å². The lowest BCUT2D eigenvalue weighted by Gasteiger charge is -2.31. The van der Waals surface area contributed by atoms with E-state index in [1.807, 2.05) is 0 Å². The Morgan fingerprint density at radius 2 is 1.92 bits per heavy atom. The van der Waals surface area contributed by atoms with Gasteiger partial charge in [0, 0.05) is 18.2 Å². The summed E-state index contributed by atoms with van der Waals surface area (Å²) in [5, 5.41) is 11.8. The Morgan fingerprint density at radius 1 is 1.19 bits per heavy atom. The highest BCUT2D eigenvalue weighted by Crippen LogP contribution is 2.30. The fourth-order valence-corrected chi connectivity index (χ4v) is 4.10. The molecule has 196 valence electrons. The van der Waals surface area contributed by atoms with Crippen molar-refractivity contribution in [1.29, 1.82) is 5.41 Å². The normalized spacial score (nSPS) is 14.9. The topological polar surface area (TPSA) is 149 Å². The number of likely N-dealkylation sites (tertiary alicyclic amines) is 1. The summed E-state index contributed by atoms with van der Waals surface area (Å²) in [4.78, 5) is 33.8. The van der Waals surface area contributed by atoms with Crippen molar-refractivity contribution < 1.29 is 22.7 Å². The zero-order valence-electron chi connectivity index (χ0n) is 19.7. The minimum absolute atomic E-state index is 0.0458. The molecule has 2 heterocycles. The average molecular weight is 510 g/mol. The van der Waals surface area contributed by atoms with Crippen LogP contribution in [0.1, 0.15) is 50.0 Å². The van der Waals surface area contributed by atoms with Gasteiger partial charge < -0.3 is 20.7 Å². The molecule has 1 aromatic heterocycles. The minimum Gasteiger partial charge on any atom is -0.404 e. The van der Waals surface area contributed by atoms with E-state index in [0.29, 0.717) is 12.0 Å². The van der Waals surface area contributed by atoms with Crippen LogP contribution in [0.4, 0.5) is 29.6 Å². The number of H-pyrrole nitrogens is 1. The number of amidine groups is 1. The fourth-order valence-electron chi connectivity index (χ4n) is 4.10. The molecule has 6 N–H and O–H groups in total. The Balaban J connectivity index is 1.50. The number of nitrogens with two attached hydrogens (primary N) is 1. The van der Waals surface area contributed by atoms with Crippen molar-refractivity contribution >= 4 is 23.5 Å². The second-order valence-electron chi connectivity index (χ2n) is 8.59. The number of unbranched alkanes of at least 4 members (excludes halogenated alkanes) is 2. The highest BCUT2D eigenvalue weighted by Gasteiger charge is 2.32. The summed E-state index contributed by atoms with van der Waals surface area (Å²) in [6.45, 7) is 2.69. The number of nitrogens with zero attached hydrogens (tertiary/aromatic N) is 2. The van der Waals surface area contributed by atoms with E-state index in [9.17, 15) is 22.8 Å². The number of nitrogens with one attached hydrogen (secondary N) is 4. The maximum atomic E-state index is 12.6. The van der Waals surface area contributed by atoms with Gasteiger partial charge >= 0.3 is 12.4 Å². The zero-order valence-corrected chi connectivity index (χ0v) is 19.7. The molecule has 0 bridgehead atoms. The molecule has 2 aromatic rings. The van der Waals surface area contributed by atoms with E-state index in [2.05, 4.69) is 30.2 Å². The number of alkyl halides is 3. The second-order valence-corrected chi connectivity index (χ2v) is 8.59. The van der Waals surface area contributed by atoms with Gasteiger partial charge in [-0.25, -0.2) is 9.78 Å². The first kappa shape index (κ1) is 27.0. The van der Waals surface area contributed by atoms with Crippen LogP contribution in [0.2, 0.25) is 0 Å². The summed E-state index contributed by atoms with van der Waals surface area (Å²) < 4.78 is 41.6. The number of amides is 2. The van der Waals surface area contributed by atoms with Crippen molar-refractivity contribution in [2.24, 2.45) is 5.73 Å². The van der Waals surface area contributed by atoms with Gasteiger partial charge in [0.05, 0.1) is 11.5 Å². The number of piperidine rings is 1. The van der Waals surface area contributed by atoms with Gasteiger partial charge in [0.15, 0.2) is 5.75 Å². The molecule has 0 radical (unpaired) electrons. The number of anilines is 2. The van der Waals surface area contributed by atoms with Crippen LogP contribution in [-0.4, -0.2) is 52.7 Å². The summed E-state index contributed by atoms with van der Waals surface area (Å²) in [5.74, 6) is -0.431. The molecule has 0 unspecified atom stereocenters. The molecule has 13 heteroatoms. The molecule has 0 atom stereocenters. The molecular formula is C23H30F3N7O3. The third-order valence-corrected chi connectivity index (χ3v) is 5.87. The van der Waals surface area contributed by atoms with Crippen LogP contribution in [0.15, 0.2) is 35.3 Å². The maximum Gasteiger partial charge on any atom is 0.573 e. The number of hydrogen-bond acceptors (Lipinski definition) is 6. The van der Waals surface area contributed by atoms with Gasteiger partial charge in [-0.3, -0.25) is 20.5 Å². The molecule has 1 aromatic carbocycles. The lowest BCUT2D eigenvalue weighted by Crippen LogP contribution is -2.35. The molecule has 2 amide bonds. The van der Waals surface area contributed by atoms with Crippen LogP contribution in [-0.2, 0) is 0 Å². The van der Waals surface area contributed by atoms with Crippen LogP contribution < -0.4 is 26.7 Å². The fraction of sp³-hybridized carbons (Fsp3) is 0.478. The quantitative estimate of drug-likeness (QED) is 0.186. The van der Waals surface area contributed by atoms with Crippen LogP contribution >= 0.6 is 0 Å². The first-order valence-electron chi connectivity index (χ1n) is 11.7. The molecule has 36 heavy (non-hydrogen) atoms. The number of halogens is 3. The van der Waals surface area contributed by atoms with E-state index in [4.69, 9.17) is 11.1 Å². The van der Waals surface area contributed by atoms with Gasteiger partial charge in [-0.1, -0.05) is 18.6 Å². The monoisotopic (exact) mass is 509 g/mol. The molecule has 0 spiro atoms. The third kappa shape index (κ3) is 8.56. The SMILES string of the molecule is N=C(N)CCCCCN1CCC(c2cnc(NC(=O)Nc3ccccc3OC(F)(F)F)[nH]c2=O)CC1. The number of carbonyl (C=O) groups is 1. The molecule has 1 saturated heterocycles. The summed E-state index contributed by atoms with van der Waals surface area (Å²) >= 11 is 0. The van der Waals surface area contributed by atoms with E-state index < -0.39 is 18.1 Å². The standard InChI is InChI=1S/C23H30F3N7O3/c24-23(25,26)36-18-7-4-3-6-17(18)30-22(35)32-21-29-14-16(20(34)31-21)15-9-12-33(13-10-15)11-5-1-2-8-19(27)28/h3-4,6-7,14-15H,1-2,5,8-13H2,(H3,27,28)(H3,29,30,31,32,34,35). The summed E-state index contributed by atoms with van der Waals surface area (Å²) in [5.41, 5.74) is 5.33. The number of benzene rings is 1. The zero-order chi connectivity index (χ0) is 26.1. The molecule has 0 saturated carbocycles. The molecule has 10 nitrogen and oxygen atoms in total. The third-order valence-electron chi connectivity index (χ3n) is 5.87. The number of aromatic nitrogens is 2. The number of hydrogen-bond donors (Lipinski definition) is 5. The van der Waals surface area contributed by atoms with Crippen LogP contribution in [0.5, 0.6) is 5.75 Å². The molecule has 1 aliphatic rings. The largest absolute Gasteiger partial charge is 0.573 e. The van der Waals surface area contributed by atoms with E-state index >= 15 is 0 Å². The van der Waals surface area contributed by atoms with Crippen molar-refractivity contribution in [3.8, 4) is 5.75 Å². The van der Waals surface area contributed by atoms with Crippen molar-refractivity contribution in [1.82, 2.24) is 14.9 Å². The Labute approximate surface area is 205 Å². The Morgan fingerprint density at radius 3 is 2.58 bits per heavy atom. The van der Waals surface area contributed by atoms with Crippen LogP contribution in [0.25, 0.3) is 0 Å². The van der Waals surface area contributed by atoms with E-state index in [1.54, 1.807) is 0 Å². The number of carbonyl (C=O) groups excluding carboxylic acids is 1. The first-order valence-corrected chi connectivity index (χ1v) is 11.7. The van der Waals surface area contributed by atoms with Gasteiger partial charge in [0.2, 0.25) is 5.95 Å². The van der Waals surface area contributed by atoms with Crippen LogP contribution in [0, 0.1) is 5.41 Å². The number of aromatic amines is 1. The van der Waals surface area contributed by atoms with Crippen molar-refractivity contribution in [2.45, 2.75) is 50.8 Å². The number of para-hydroxylation sites is 2. The van der Waals surface area contributed by atoms with E-state index in [1.165, 1.54) is 24.4 Å². The van der Waals surface area contributed by atoms with Gasteiger partial charge in [0.1, 0.15) is 0 Å². The van der Waals surface area contributed by atoms with Crippen molar-refractivity contribution in [2.75, 3.05) is 30.3 Å². The van der Waals surface area contributed by atoms with Gasteiger partial charge in [-0.15, -0.1) is 13.2 Å².